The number of nitrogens with one attached hydrogen (secondary N) is 2. The average molecular weight is 374 g/mol. The number of hydrogen-bond acceptors (Lipinski definition) is 4. The summed E-state index contributed by atoms with van der Waals surface area (Å²) in [7, 11) is 0. The summed E-state index contributed by atoms with van der Waals surface area (Å²) in [4.78, 5) is 35.6. The molecule has 2 amide bonds. The Labute approximate surface area is 158 Å². The molecule has 1 saturated carbocycles. The van der Waals surface area contributed by atoms with Crippen LogP contribution in [0.4, 0.5) is 0 Å². The lowest BCUT2D eigenvalue weighted by Gasteiger charge is -2.13. The van der Waals surface area contributed by atoms with Crippen LogP contribution in [0.2, 0.25) is 0 Å². The van der Waals surface area contributed by atoms with Crippen LogP contribution in [0, 0.1) is 11.8 Å². The third-order valence-electron chi connectivity index (χ3n) is 5.32. The van der Waals surface area contributed by atoms with Crippen LogP contribution in [0.3, 0.4) is 0 Å². The Hall–Kier alpha value is -2.41. The van der Waals surface area contributed by atoms with Crippen molar-refractivity contribution in [2.24, 2.45) is 11.8 Å². The first-order chi connectivity index (χ1) is 13.0. The number of ether oxygens (including phenoxy) is 1. The Bertz CT molecular complexity index is 699. The third-order valence-corrected chi connectivity index (χ3v) is 5.32. The van der Waals surface area contributed by atoms with Gasteiger partial charge in [0.25, 0.3) is 5.91 Å². The van der Waals surface area contributed by atoms with Crippen molar-refractivity contribution in [3.05, 3.63) is 35.4 Å². The summed E-state index contributed by atoms with van der Waals surface area (Å²) in [5.74, 6) is -1.77. The Morgan fingerprint density at radius 1 is 1.11 bits per heavy atom. The third kappa shape index (κ3) is 5.29. The van der Waals surface area contributed by atoms with Gasteiger partial charge in [-0.05, 0) is 49.8 Å². The van der Waals surface area contributed by atoms with Crippen LogP contribution < -0.4 is 10.6 Å². The fourth-order valence-corrected chi connectivity index (χ4v) is 3.71. The van der Waals surface area contributed by atoms with Crippen molar-refractivity contribution in [2.45, 2.75) is 44.8 Å². The van der Waals surface area contributed by atoms with Crippen molar-refractivity contribution in [3.8, 4) is 0 Å². The van der Waals surface area contributed by atoms with Crippen LogP contribution >= 0.6 is 0 Å². The van der Waals surface area contributed by atoms with E-state index >= 15 is 0 Å². The summed E-state index contributed by atoms with van der Waals surface area (Å²) in [5, 5.41) is 14.8. The predicted octanol–water partition coefficient (Wildman–Crippen LogP) is 1.71. The van der Waals surface area contributed by atoms with E-state index in [1.807, 2.05) is 6.07 Å². The van der Waals surface area contributed by atoms with Gasteiger partial charge in [0.1, 0.15) is 0 Å². The second-order valence-electron chi connectivity index (χ2n) is 7.31. The van der Waals surface area contributed by atoms with E-state index in [-0.39, 0.29) is 23.8 Å². The average Bonchev–Trinajstić information content (AvgIpc) is 3.36. The van der Waals surface area contributed by atoms with Crippen molar-refractivity contribution in [3.63, 3.8) is 0 Å². The quantitative estimate of drug-likeness (QED) is 0.674. The molecule has 1 saturated heterocycles. The second kappa shape index (κ2) is 8.99. The maximum absolute atomic E-state index is 12.3. The number of benzene rings is 1. The molecule has 3 atom stereocenters. The highest BCUT2D eigenvalue weighted by Gasteiger charge is 2.33. The SMILES string of the molecule is O=C(NCC1CCCO1)c1cccc(CNC(=O)[C@H]2CC[C@@H](C(=O)O)C2)c1. The molecule has 1 aromatic rings. The van der Waals surface area contributed by atoms with Crippen LogP contribution in [-0.4, -0.2) is 42.1 Å². The summed E-state index contributed by atoms with van der Waals surface area (Å²) in [6.45, 7) is 1.58. The van der Waals surface area contributed by atoms with Gasteiger partial charge in [-0.2, -0.15) is 0 Å². The minimum Gasteiger partial charge on any atom is -0.481 e. The number of carbonyl (C=O) groups is 3. The minimum absolute atomic E-state index is 0.0949. The first kappa shape index (κ1) is 19.4. The van der Waals surface area contributed by atoms with E-state index in [0.717, 1.165) is 25.0 Å². The van der Waals surface area contributed by atoms with E-state index in [9.17, 15) is 14.4 Å². The van der Waals surface area contributed by atoms with Gasteiger partial charge in [-0.25, -0.2) is 0 Å². The Morgan fingerprint density at radius 3 is 2.63 bits per heavy atom. The molecule has 2 aliphatic rings. The number of amides is 2. The molecule has 0 spiro atoms. The molecule has 7 heteroatoms. The zero-order valence-corrected chi connectivity index (χ0v) is 15.3. The lowest BCUT2D eigenvalue weighted by Crippen LogP contribution is -2.32. The summed E-state index contributed by atoms with van der Waals surface area (Å²) in [6.07, 6.45) is 3.65. The molecule has 1 unspecified atom stereocenters. The molecule has 3 N–H and O–H groups in total. The van der Waals surface area contributed by atoms with Gasteiger partial charge < -0.3 is 20.5 Å². The van der Waals surface area contributed by atoms with Gasteiger partial charge in [0, 0.05) is 31.2 Å². The van der Waals surface area contributed by atoms with Gasteiger partial charge in [-0.3, -0.25) is 14.4 Å². The second-order valence-corrected chi connectivity index (χ2v) is 7.31. The lowest BCUT2D eigenvalue weighted by atomic mass is 10.0. The number of carboxylic acid groups (broad SMARTS) is 1. The molecule has 27 heavy (non-hydrogen) atoms. The molecule has 7 nitrogen and oxygen atoms in total. The van der Waals surface area contributed by atoms with E-state index in [2.05, 4.69) is 10.6 Å². The Balaban J connectivity index is 1.47. The molecule has 146 valence electrons. The number of carbonyl (C=O) groups excluding carboxylic acids is 2. The molecule has 3 rings (SSSR count). The molecule has 1 aromatic carbocycles. The van der Waals surface area contributed by atoms with Crippen LogP contribution in [0.15, 0.2) is 24.3 Å². The topological polar surface area (TPSA) is 105 Å². The van der Waals surface area contributed by atoms with Crippen LogP contribution in [0.1, 0.15) is 48.0 Å². The highest BCUT2D eigenvalue weighted by atomic mass is 16.5. The number of hydrogen-bond donors (Lipinski definition) is 3. The maximum Gasteiger partial charge on any atom is 0.306 e. The minimum atomic E-state index is -0.827. The van der Waals surface area contributed by atoms with E-state index in [1.165, 1.54) is 0 Å². The van der Waals surface area contributed by atoms with Gasteiger partial charge in [-0.1, -0.05) is 12.1 Å². The molecule has 1 aliphatic carbocycles. The van der Waals surface area contributed by atoms with Gasteiger partial charge in [-0.15, -0.1) is 0 Å². The van der Waals surface area contributed by atoms with E-state index in [4.69, 9.17) is 9.84 Å². The molecule has 0 aromatic heterocycles. The largest absolute Gasteiger partial charge is 0.481 e. The van der Waals surface area contributed by atoms with E-state index in [0.29, 0.717) is 37.9 Å². The lowest BCUT2D eigenvalue weighted by molar-refractivity contribution is -0.141. The van der Waals surface area contributed by atoms with Gasteiger partial charge in [0.05, 0.1) is 12.0 Å². The normalized spacial score (nSPS) is 24.5. The summed E-state index contributed by atoms with van der Waals surface area (Å²) in [6, 6.07) is 7.15. The fourth-order valence-electron chi connectivity index (χ4n) is 3.71. The van der Waals surface area contributed by atoms with E-state index in [1.54, 1.807) is 18.2 Å². The number of rotatable bonds is 7. The van der Waals surface area contributed by atoms with Crippen LogP contribution in [0.5, 0.6) is 0 Å². The van der Waals surface area contributed by atoms with Gasteiger partial charge in [0.2, 0.25) is 5.91 Å². The van der Waals surface area contributed by atoms with Gasteiger partial charge >= 0.3 is 5.97 Å². The predicted molar refractivity (Wildman–Crippen MR) is 98.1 cm³/mol. The van der Waals surface area contributed by atoms with Gasteiger partial charge in [0.15, 0.2) is 0 Å². The number of carboxylic acids is 1. The molecular formula is C20H26N2O5. The molecule has 0 bridgehead atoms. The monoisotopic (exact) mass is 374 g/mol. The molecule has 0 radical (unpaired) electrons. The zero-order valence-electron chi connectivity index (χ0n) is 15.3. The molecule has 1 heterocycles. The van der Waals surface area contributed by atoms with E-state index < -0.39 is 11.9 Å². The highest BCUT2D eigenvalue weighted by Crippen LogP contribution is 2.31. The van der Waals surface area contributed by atoms with Crippen molar-refractivity contribution in [2.75, 3.05) is 13.2 Å². The van der Waals surface area contributed by atoms with Crippen LogP contribution in [0.25, 0.3) is 0 Å². The smallest absolute Gasteiger partial charge is 0.306 e. The maximum atomic E-state index is 12.3. The van der Waals surface area contributed by atoms with Crippen molar-refractivity contribution in [1.29, 1.82) is 0 Å². The first-order valence-corrected chi connectivity index (χ1v) is 9.52. The van der Waals surface area contributed by atoms with Crippen molar-refractivity contribution < 1.29 is 24.2 Å². The summed E-state index contributed by atoms with van der Waals surface area (Å²) in [5.41, 5.74) is 1.38. The zero-order chi connectivity index (χ0) is 19.2. The standard InChI is InChI=1S/C20H26N2O5/c23-18(22-12-17-5-2-8-27-17)14-4-1-3-13(9-14)11-21-19(24)15-6-7-16(10-15)20(25)26/h1,3-4,9,15-17H,2,5-8,10-12H2,(H,21,24)(H,22,23)(H,25,26)/t15-,16+,17?/m0/s1. The molecular weight excluding hydrogens is 348 g/mol. The number of aliphatic carboxylic acids is 1. The van der Waals surface area contributed by atoms with Crippen molar-refractivity contribution in [1.82, 2.24) is 10.6 Å². The summed E-state index contributed by atoms with van der Waals surface area (Å²) >= 11 is 0. The van der Waals surface area contributed by atoms with Crippen LogP contribution in [-0.2, 0) is 20.9 Å². The summed E-state index contributed by atoms with van der Waals surface area (Å²) < 4.78 is 5.50. The Morgan fingerprint density at radius 2 is 1.93 bits per heavy atom. The first-order valence-electron chi connectivity index (χ1n) is 9.52. The fraction of sp³-hybridized carbons (Fsp3) is 0.550. The van der Waals surface area contributed by atoms with Crippen molar-refractivity contribution >= 4 is 17.8 Å². The molecule has 2 fully saturated rings. The molecule has 1 aliphatic heterocycles. The Kier molecular flexibility index (Phi) is 6.45. The highest BCUT2D eigenvalue weighted by molar-refractivity contribution is 5.94.